The molecule has 1 N–H and O–H groups in total. The number of fused-ring (bicyclic) bond motifs is 2. The quantitative estimate of drug-likeness (QED) is 0.525. The molecule has 0 radical (unpaired) electrons. The van der Waals surface area contributed by atoms with Gasteiger partial charge in [0.05, 0.1) is 18.4 Å². The van der Waals surface area contributed by atoms with Gasteiger partial charge in [-0.05, 0) is 24.1 Å². The maximum atomic E-state index is 12.7. The van der Waals surface area contributed by atoms with Crippen molar-refractivity contribution in [3.63, 3.8) is 0 Å². The van der Waals surface area contributed by atoms with Gasteiger partial charge in [-0.2, -0.15) is 0 Å². The highest BCUT2D eigenvalue weighted by atomic mass is 16.1. The van der Waals surface area contributed by atoms with E-state index in [0.29, 0.717) is 17.0 Å². The average molecular weight is 370 g/mol. The van der Waals surface area contributed by atoms with E-state index < -0.39 is 0 Å². The number of hydrogen-bond donors (Lipinski definition) is 1. The second kappa shape index (κ2) is 6.45. The summed E-state index contributed by atoms with van der Waals surface area (Å²) in [5.74, 6) is 0.530. The first-order valence-corrected chi connectivity index (χ1v) is 9.21. The summed E-state index contributed by atoms with van der Waals surface area (Å²) in [7, 11) is 0. The second-order valence-corrected chi connectivity index (χ2v) is 6.64. The largest absolute Gasteiger partial charge is 0.328 e. The first-order valence-electron chi connectivity index (χ1n) is 9.21. The monoisotopic (exact) mass is 370 g/mol. The fourth-order valence-electron chi connectivity index (χ4n) is 3.67. The number of aromatic amines is 1. The van der Waals surface area contributed by atoms with E-state index in [1.807, 2.05) is 59.1 Å². The normalized spacial score (nSPS) is 12.6. The molecule has 1 atom stereocenters. The Kier molecular flexibility index (Phi) is 3.79. The molecule has 138 valence electrons. The summed E-state index contributed by atoms with van der Waals surface area (Å²) in [6, 6.07) is 15.7. The lowest BCUT2D eigenvalue weighted by atomic mass is 10.0. The summed E-state index contributed by atoms with van der Waals surface area (Å²) in [6.45, 7) is 2.06. The van der Waals surface area contributed by atoms with Crippen molar-refractivity contribution in [1.29, 1.82) is 0 Å². The predicted octanol–water partition coefficient (Wildman–Crippen LogP) is 3.43. The number of benzene rings is 1. The van der Waals surface area contributed by atoms with Gasteiger partial charge in [0, 0.05) is 6.20 Å². The van der Waals surface area contributed by atoms with Crippen LogP contribution in [0.2, 0.25) is 0 Å². The lowest BCUT2D eigenvalue weighted by Crippen LogP contribution is -2.23. The molecule has 0 spiro atoms. The number of imidazole rings is 2. The van der Waals surface area contributed by atoms with Crippen LogP contribution in [0.5, 0.6) is 0 Å². The number of H-pyrrole nitrogens is 1. The highest BCUT2D eigenvalue weighted by Gasteiger charge is 2.20. The van der Waals surface area contributed by atoms with Crippen LogP contribution >= 0.6 is 0 Å². The van der Waals surface area contributed by atoms with Crippen molar-refractivity contribution in [3.05, 3.63) is 83.2 Å². The Hall–Kier alpha value is -3.74. The molecule has 4 aromatic heterocycles. The minimum absolute atomic E-state index is 0.104. The molecule has 0 amide bonds. The van der Waals surface area contributed by atoms with Gasteiger partial charge in [-0.3, -0.25) is 8.97 Å². The Morgan fingerprint density at radius 1 is 1.04 bits per heavy atom. The van der Waals surface area contributed by atoms with Gasteiger partial charge in [0.25, 0.3) is 0 Å². The lowest BCUT2D eigenvalue weighted by Gasteiger charge is -2.17. The molecule has 0 fully saturated rings. The van der Waals surface area contributed by atoms with E-state index in [1.165, 1.54) is 0 Å². The number of aromatic nitrogens is 6. The number of pyridine rings is 1. The Labute approximate surface area is 160 Å². The van der Waals surface area contributed by atoms with Crippen LogP contribution in [0.4, 0.5) is 0 Å². The first-order chi connectivity index (χ1) is 13.8. The fourth-order valence-corrected chi connectivity index (χ4v) is 3.67. The van der Waals surface area contributed by atoms with E-state index in [2.05, 4.69) is 21.9 Å². The molecule has 0 saturated carbocycles. The molecule has 4 heterocycles. The Morgan fingerprint density at radius 2 is 1.86 bits per heavy atom. The fraction of sp³-hybridized carbons (Fsp3) is 0.143. The van der Waals surface area contributed by atoms with Gasteiger partial charge in [-0.15, -0.1) is 0 Å². The van der Waals surface area contributed by atoms with Gasteiger partial charge < -0.3 is 4.98 Å². The van der Waals surface area contributed by atoms with E-state index in [0.717, 1.165) is 23.3 Å². The van der Waals surface area contributed by atoms with Gasteiger partial charge >= 0.3 is 5.69 Å². The summed E-state index contributed by atoms with van der Waals surface area (Å²) in [5.41, 5.74) is 3.71. The molecule has 0 saturated heterocycles. The van der Waals surface area contributed by atoms with Crippen molar-refractivity contribution >= 4 is 16.8 Å². The third-order valence-electron chi connectivity index (χ3n) is 4.99. The van der Waals surface area contributed by atoms with E-state index in [4.69, 9.17) is 4.98 Å². The van der Waals surface area contributed by atoms with Crippen molar-refractivity contribution in [2.75, 3.05) is 0 Å². The molecule has 5 aromatic rings. The summed E-state index contributed by atoms with van der Waals surface area (Å²) in [5, 5.41) is 0. The van der Waals surface area contributed by atoms with E-state index in [1.54, 1.807) is 17.0 Å². The maximum absolute atomic E-state index is 12.7. The van der Waals surface area contributed by atoms with Crippen LogP contribution in [0.25, 0.3) is 28.3 Å². The molecule has 1 aromatic carbocycles. The van der Waals surface area contributed by atoms with Gasteiger partial charge in [-0.25, -0.2) is 19.7 Å². The van der Waals surface area contributed by atoms with Gasteiger partial charge in [0.1, 0.15) is 16.9 Å². The molecular weight excluding hydrogens is 352 g/mol. The smallest absolute Gasteiger partial charge is 0.303 e. The second-order valence-electron chi connectivity index (χ2n) is 6.64. The molecule has 0 unspecified atom stereocenters. The molecule has 0 aliphatic rings. The van der Waals surface area contributed by atoms with Crippen LogP contribution in [0.3, 0.4) is 0 Å². The summed E-state index contributed by atoms with van der Waals surface area (Å²) in [6.07, 6.45) is 6.11. The van der Waals surface area contributed by atoms with Crippen LogP contribution in [0, 0.1) is 0 Å². The molecule has 7 nitrogen and oxygen atoms in total. The third kappa shape index (κ3) is 2.51. The van der Waals surface area contributed by atoms with Crippen LogP contribution < -0.4 is 5.69 Å². The molecule has 5 rings (SSSR count). The maximum Gasteiger partial charge on any atom is 0.328 e. The Balaban J connectivity index is 1.72. The molecular formula is C21H18N6O. The van der Waals surface area contributed by atoms with Crippen LogP contribution in [0.15, 0.2) is 71.9 Å². The first kappa shape index (κ1) is 16.4. The molecule has 0 bridgehead atoms. The third-order valence-corrected chi connectivity index (χ3v) is 4.99. The molecule has 0 aliphatic carbocycles. The zero-order valence-electron chi connectivity index (χ0n) is 15.3. The number of nitrogens with zero attached hydrogens (tertiary/aromatic N) is 5. The van der Waals surface area contributed by atoms with Crippen molar-refractivity contribution < 1.29 is 0 Å². The zero-order chi connectivity index (χ0) is 19.1. The minimum Gasteiger partial charge on any atom is -0.303 e. The van der Waals surface area contributed by atoms with Gasteiger partial charge in [0.15, 0.2) is 11.5 Å². The summed E-state index contributed by atoms with van der Waals surface area (Å²) < 4.78 is 3.66. The average Bonchev–Trinajstić information content (AvgIpc) is 3.30. The highest BCUT2D eigenvalue weighted by molar-refractivity contribution is 5.73. The zero-order valence-corrected chi connectivity index (χ0v) is 15.3. The standard InChI is InChI=1S/C21H18N6O/c1-2-16(14-8-4-3-5-9-14)27-20-15(24-21(27)28)12-23-19(25-20)17-13-22-18-10-6-7-11-26(17)18/h3-13,16H,2H2,1H3,(H,24,28)/t16-/m0/s1. The number of hydrogen-bond acceptors (Lipinski definition) is 4. The molecule has 0 aliphatic heterocycles. The van der Waals surface area contributed by atoms with E-state index in [9.17, 15) is 4.79 Å². The van der Waals surface area contributed by atoms with Crippen molar-refractivity contribution in [1.82, 2.24) is 28.9 Å². The summed E-state index contributed by atoms with van der Waals surface area (Å²) >= 11 is 0. The Morgan fingerprint density at radius 3 is 2.68 bits per heavy atom. The number of nitrogens with one attached hydrogen (secondary N) is 1. The molecule has 28 heavy (non-hydrogen) atoms. The topological polar surface area (TPSA) is 80.9 Å². The summed E-state index contributed by atoms with van der Waals surface area (Å²) in [4.78, 5) is 29.2. The minimum atomic E-state index is -0.185. The number of rotatable bonds is 4. The molecule has 7 heteroatoms. The van der Waals surface area contributed by atoms with E-state index in [-0.39, 0.29) is 11.7 Å². The SMILES string of the molecule is CC[C@@H](c1ccccc1)n1c(=O)[nH]c2cnc(-c3cnc4ccccn34)nc21. The van der Waals surface area contributed by atoms with Crippen LogP contribution in [-0.2, 0) is 0 Å². The predicted molar refractivity (Wildman–Crippen MR) is 107 cm³/mol. The van der Waals surface area contributed by atoms with Crippen molar-refractivity contribution in [2.24, 2.45) is 0 Å². The van der Waals surface area contributed by atoms with Crippen molar-refractivity contribution in [2.45, 2.75) is 19.4 Å². The van der Waals surface area contributed by atoms with Gasteiger partial charge in [0.2, 0.25) is 0 Å². The van der Waals surface area contributed by atoms with Crippen molar-refractivity contribution in [3.8, 4) is 11.5 Å². The van der Waals surface area contributed by atoms with E-state index >= 15 is 0 Å². The van der Waals surface area contributed by atoms with Crippen LogP contribution in [-0.4, -0.2) is 28.9 Å². The van der Waals surface area contributed by atoms with Crippen LogP contribution in [0.1, 0.15) is 24.9 Å². The van der Waals surface area contributed by atoms with Gasteiger partial charge in [-0.1, -0.05) is 43.3 Å². The highest BCUT2D eigenvalue weighted by Crippen LogP contribution is 2.25. The lowest BCUT2D eigenvalue weighted by molar-refractivity contribution is 0.561. The Bertz CT molecular complexity index is 1330.